The molecule has 1 saturated heterocycles. The molecule has 0 aliphatic carbocycles. The molecule has 2 aliphatic heterocycles. The normalized spacial score (nSPS) is 19.4. The van der Waals surface area contributed by atoms with Crippen LogP contribution in [0.15, 0.2) is 47.7 Å². The summed E-state index contributed by atoms with van der Waals surface area (Å²) in [4.78, 5) is 31.6. The molecule has 3 amide bonds. The van der Waals surface area contributed by atoms with E-state index in [2.05, 4.69) is 15.4 Å². The number of carbonyl (C=O) groups is 2. The summed E-state index contributed by atoms with van der Waals surface area (Å²) >= 11 is 0. The topological polar surface area (TPSA) is 87.1 Å². The first-order chi connectivity index (χ1) is 15.0. The molecule has 1 aromatic carbocycles. The molecule has 8 heteroatoms. The van der Waals surface area contributed by atoms with E-state index < -0.39 is 0 Å². The SMILES string of the molecule is COc1ccc([C@@H](C)NC(=O)N2CC(N3CCCC3=O)C(c3ccc(C)cc3)=N2)nc1. The number of amides is 3. The van der Waals surface area contributed by atoms with E-state index in [1.165, 1.54) is 5.01 Å². The molecule has 0 spiro atoms. The van der Waals surface area contributed by atoms with Gasteiger partial charge in [-0.3, -0.25) is 9.78 Å². The average molecular weight is 422 g/mol. The van der Waals surface area contributed by atoms with Crippen molar-refractivity contribution in [3.05, 3.63) is 59.4 Å². The number of ether oxygens (including phenoxy) is 1. The van der Waals surface area contributed by atoms with E-state index in [0.29, 0.717) is 25.3 Å². The van der Waals surface area contributed by atoms with Gasteiger partial charge in [-0.05, 0) is 38.0 Å². The highest BCUT2D eigenvalue weighted by atomic mass is 16.5. The summed E-state index contributed by atoms with van der Waals surface area (Å²) in [6, 6.07) is 10.8. The minimum Gasteiger partial charge on any atom is -0.495 e. The van der Waals surface area contributed by atoms with Crippen LogP contribution in [0.5, 0.6) is 5.75 Å². The molecule has 0 radical (unpaired) electrons. The lowest BCUT2D eigenvalue weighted by Gasteiger charge is -2.25. The quantitative estimate of drug-likeness (QED) is 0.804. The number of hydrogen-bond donors (Lipinski definition) is 1. The number of pyridine rings is 1. The van der Waals surface area contributed by atoms with Crippen molar-refractivity contribution in [2.24, 2.45) is 5.10 Å². The van der Waals surface area contributed by atoms with Crippen molar-refractivity contribution >= 4 is 17.6 Å². The van der Waals surface area contributed by atoms with Gasteiger partial charge in [0.2, 0.25) is 5.91 Å². The third-order valence-corrected chi connectivity index (χ3v) is 5.74. The lowest BCUT2D eigenvalue weighted by atomic mass is 10.0. The van der Waals surface area contributed by atoms with Gasteiger partial charge >= 0.3 is 6.03 Å². The van der Waals surface area contributed by atoms with E-state index in [1.807, 2.05) is 55.1 Å². The largest absolute Gasteiger partial charge is 0.495 e. The number of urea groups is 1. The van der Waals surface area contributed by atoms with Crippen LogP contribution < -0.4 is 10.1 Å². The van der Waals surface area contributed by atoms with Gasteiger partial charge in [-0.15, -0.1) is 0 Å². The number of carbonyl (C=O) groups excluding carboxylic acids is 2. The third kappa shape index (κ3) is 4.38. The molecule has 1 aromatic heterocycles. The predicted molar refractivity (Wildman–Crippen MR) is 117 cm³/mol. The number of benzene rings is 1. The Hall–Kier alpha value is -3.42. The summed E-state index contributed by atoms with van der Waals surface area (Å²) in [5, 5.41) is 9.00. The number of methoxy groups -OCH3 is 1. The average Bonchev–Trinajstić information content (AvgIpc) is 3.40. The van der Waals surface area contributed by atoms with Crippen molar-refractivity contribution in [2.75, 3.05) is 20.2 Å². The first-order valence-corrected chi connectivity index (χ1v) is 10.5. The maximum Gasteiger partial charge on any atom is 0.338 e. The minimum absolute atomic E-state index is 0.114. The summed E-state index contributed by atoms with van der Waals surface area (Å²) < 4.78 is 5.13. The first-order valence-electron chi connectivity index (χ1n) is 10.5. The Kier molecular flexibility index (Phi) is 5.88. The van der Waals surface area contributed by atoms with Gasteiger partial charge in [0, 0.05) is 13.0 Å². The van der Waals surface area contributed by atoms with Gasteiger partial charge in [0.1, 0.15) is 5.75 Å². The van der Waals surface area contributed by atoms with Gasteiger partial charge in [0.05, 0.1) is 43.3 Å². The smallest absolute Gasteiger partial charge is 0.338 e. The van der Waals surface area contributed by atoms with Crippen molar-refractivity contribution in [2.45, 2.75) is 38.8 Å². The highest BCUT2D eigenvalue weighted by Crippen LogP contribution is 2.24. The number of hydrazone groups is 1. The fraction of sp³-hybridized carbons (Fsp3) is 0.391. The van der Waals surface area contributed by atoms with Crippen LogP contribution in [0.4, 0.5) is 4.79 Å². The number of aryl methyl sites for hydroxylation is 1. The zero-order chi connectivity index (χ0) is 22.0. The second kappa shape index (κ2) is 8.75. The Morgan fingerprint density at radius 3 is 2.61 bits per heavy atom. The molecule has 8 nitrogen and oxygen atoms in total. The molecular formula is C23H27N5O3. The maximum atomic E-state index is 13.0. The monoisotopic (exact) mass is 421 g/mol. The van der Waals surface area contributed by atoms with Crippen LogP contribution in [0, 0.1) is 6.92 Å². The van der Waals surface area contributed by atoms with E-state index in [-0.39, 0.29) is 24.0 Å². The van der Waals surface area contributed by atoms with Crippen LogP contribution in [-0.2, 0) is 4.79 Å². The number of hydrogen-bond acceptors (Lipinski definition) is 5. The van der Waals surface area contributed by atoms with Crippen molar-refractivity contribution in [3.8, 4) is 5.75 Å². The van der Waals surface area contributed by atoms with Gasteiger partial charge in [-0.1, -0.05) is 29.8 Å². The number of likely N-dealkylation sites (tertiary alicyclic amines) is 1. The van der Waals surface area contributed by atoms with Gasteiger partial charge in [-0.2, -0.15) is 5.10 Å². The van der Waals surface area contributed by atoms with Crippen molar-refractivity contribution in [3.63, 3.8) is 0 Å². The molecule has 1 N–H and O–H groups in total. The van der Waals surface area contributed by atoms with E-state index in [9.17, 15) is 9.59 Å². The van der Waals surface area contributed by atoms with Gasteiger partial charge in [0.25, 0.3) is 0 Å². The molecule has 4 rings (SSSR count). The molecule has 31 heavy (non-hydrogen) atoms. The third-order valence-electron chi connectivity index (χ3n) is 5.74. The number of rotatable bonds is 5. The Labute approximate surface area is 181 Å². The standard InChI is InChI=1S/C23H27N5O3/c1-15-6-8-17(9-7-15)22-20(27-12-4-5-21(27)29)14-28(26-22)23(30)25-16(2)19-11-10-18(31-3)13-24-19/h6-11,13,16,20H,4-5,12,14H2,1-3H3,(H,25,30)/t16-,20?/m1/s1. The van der Waals surface area contributed by atoms with Crippen LogP contribution in [0.25, 0.3) is 0 Å². The summed E-state index contributed by atoms with van der Waals surface area (Å²) in [5.41, 5.74) is 3.55. The van der Waals surface area contributed by atoms with E-state index in [1.54, 1.807) is 13.3 Å². The summed E-state index contributed by atoms with van der Waals surface area (Å²) in [6.07, 6.45) is 3.00. The Bertz CT molecular complexity index is 987. The van der Waals surface area contributed by atoms with Crippen LogP contribution in [-0.4, -0.2) is 58.8 Å². The number of nitrogens with one attached hydrogen (secondary N) is 1. The molecule has 2 aliphatic rings. The second-order valence-corrected chi connectivity index (χ2v) is 7.93. The van der Waals surface area contributed by atoms with E-state index >= 15 is 0 Å². The highest BCUT2D eigenvalue weighted by Gasteiger charge is 2.39. The van der Waals surface area contributed by atoms with Gasteiger partial charge < -0.3 is 15.0 Å². The zero-order valence-electron chi connectivity index (χ0n) is 18.0. The van der Waals surface area contributed by atoms with Crippen LogP contribution in [0.3, 0.4) is 0 Å². The summed E-state index contributed by atoms with van der Waals surface area (Å²) in [6.45, 7) is 4.92. The lowest BCUT2D eigenvalue weighted by Crippen LogP contribution is -2.46. The predicted octanol–water partition coefficient (Wildman–Crippen LogP) is 2.88. The fourth-order valence-electron chi connectivity index (χ4n) is 3.94. The fourth-order valence-corrected chi connectivity index (χ4v) is 3.94. The van der Waals surface area contributed by atoms with E-state index in [4.69, 9.17) is 4.74 Å². The highest BCUT2D eigenvalue weighted by molar-refractivity contribution is 6.08. The first kappa shape index (κ1) is 20.8. The molecule has 3 heterocycles. The Morgan fingerprint density at radius 1 is 1.23 bits per heavy atom. The number of nitrogens with zero attached hydrogens (tertiary/aromatic N) is 4. The summed E-state index contributed by atoms with van der Waals surface area (Å²) in [7, 11) is 1.58. The minimum atomic E-state index is -0.316. The zero-order valence-corrected chi connectivity index (χ0v) is 18.0. The molecule has 2 aromatic rings. The Balaban J connectivity index is 1.53. The second-order valence-electron chi connectivity index (χ2n) is 7.93. The molecular weight excluding hydrogens is 394 g/mol. The molecule has 0 saturated carbocycles. The molecule has 1 unspecified atom stereocenters. The van der Waals surface area contributed by atoms with Gasteiger partial charge in [0.15, 0.2) is 0 Å². The van der Waals surface area contributed by atoms with E-state index in [0.717, 1.165) is 29.0 Å². The molecule has 0 bridgehead atoms. The Morgan fingerprint density at radius 2 is 2.00 bits per heavy atom. The van der Waals surface area contributed by atoms with Crippen molar-refractivity contribution in [1.29, 1.82) is 0 Å². The molecule has 2 atom stereocenters. The number of aromatic nitrogens is 1. The lowest BCUT2D eigenvalue weighted by molar-refractivity contribution is -0.128. The van der Waals surface area contributed by atoms with Crippen LogP contribution in [0.2, 0.25) is 0 Å². The van der Waals surface area contributed by atoms with Crippen molar-refractivity contribution < 1.29 is 14.3 Å². The van der Waals surface area contributed by atoms with Crippen LogP contribution >= 0.6 is 0 Å². The molecule has 162 valence electrons. The maximum absolute atomic E-state index is 13.0. The van der Waals surface area contributed by atoms with Gasteiger partial charge in [-0.25, -0.2) is 9.80 Å². The summed E-state index contributed by atoms with van der Waals surface area (Å²) in [5.74, 6) is 0.773. The van der Waals surface area contributed by atoms with Crippen LogP contribution in [0.1, 0.15) is 42.6 Å². The van der Waals surface area contributed by atoms with Crippen molar-refractivity contribution in [1.82, 2.24) is 20.2 Å². The molecule has 1 fully saturated rings.